The minimum absolute atomic E-state index is 0.0801. The second-order valence-electron chi connectivity index (χ2n) is 6.54. The lowest BCUT2D eigenvalue weighted by molar-refractivity contribution is 0.0951. The van der Waals surface area contributed by atoms with Crippen LogP contribution in [0.3, 0.4) is 0 Å². The third kappa shape index (κ3) is 5.16. The third-order valence-electron chi connectivity index (χ3n) is 4.29. The quantitative estimate of drug-likeness (QED) is 0.565. The summed E-state index contributed by atoms with van der Waals surface area (Å²) in [4.78, 5) is 13.6. The van der Waals surface area contributed by atoms with E-state index in [0.717, 1.165) is 27.7 Å². The number of nitrogens with zero attached hydrogens (tertiary/aromatic N) is 1. The lowest BCUT2D eigenvalue weighted by Gasteiger charge is -2.12. The van der Waals surface area contributed by atoms with Crippen molar-refractivity contribution < 1.29 is 14.1 Å². The lowest BCUT2D eigenvalue weighted by Crippen LogP contribution is -2.26. The number of carbonyl (C=O) groups is 1. The highest BCUT2D eigenvalue weighted by atomic mass is 32.2. The van der Waals surface area contributed by atoms with Crippen LogP contribution in [0.15, 0.2) is 57.9 Å². The first-order valence-electron chi connectivity index (χ1n) is 9.12. The van der Waals surface area contributed by atoms with Crippen LogP contribution in [0.2, 0.25) is 0 Å². The summed E-state index contributed by atoms with van der Waals surface area (Å²) >= 11 is 1.57. The van der Waals surface area contributed by atoms with Gasteiger partial charge < -0.3 is 14.6 Å². The molecule has 1 aromatic heterocycles. The predicted octanol–water partition coefficient (Wildman–Crippen LogP) is 4.56. The van der Waals surface area contributed by atoms with Gasteiger partial charge in [0, 0.05) is 17.5 Å². The van der Waals surface area contributed by atoms with Crippen molar-refractivity contribution in [1.29, 1.82) is 0 Å². The number of aromatic nitrogens is 1. The van der Waals surface area contributed by atoms with Crippen LogP contribution in [-0.2, 0) is 12.2 Å². The second-order valence-corrected chi connectivity index (χ2v) is 7.56. The number of ether oxygens (including phenoxy) is 1. The Morgan fingerprint density at radius 3 is 2.75 bits per heavy atom. The molecular formula is C22H24N2O3S. The average molecular weight is 397 g/mol. The van der Waals surface area contributed by atoms with Crippen molar-refractivity contribution in [2.24, 2.45) is 0 Å². The van der Waals surface area contributed by atoms with E-state index < -0.39 is 0 Å². The van der Waals surface area contributed by atoms with Crippen molar-refractivity contribution in [3.63, 3.8) is 0 Å². The molecule has 0 aliphatic heterocycles. The number of thioether (sulfide) groups is 1. The van der Waals surface area contributed by atoms with Crippen molar-refractivity contribution in [2.45, 2.75) is 30.9 Å². The third-order valence-corrected chi connectivity index (χ3v) is 5.39. The Labute approximate surface area is 169 Å². The lowest BCUT2D eigenvalue weighted by atomic mass is 10.1. The number of hydrogen-bond donors (Lipinski definition) is 1. The molecule has 0 aliphatic rings. The monoisotopic (exact) mass is 396 g/mol. The summed E-state index contributed by atoms with van der Waals surface area (Å²) in [7, 11) is 1.66. The molecule has 0 bridgehead atoms. The number of benzene rings is 2. The maximum absolute atomic E-state index is 12.7. The van der Waals surface area contributed by atoms with Crippen LogP contribution in [0, 0.1) is 13.8 Å². The first kappa shape index (κ1) is 20.0. The van der Waals surface area contributed by atoms with E-state index in [1.165, 1.54) is 5.56 Å². The van der Waals surface area contributed by atoms with Crippen molar-refractivity contribution in [3.05, 3.63) is 76.7 Å². The Morgan fingerprint density at radius 1 is 1.18 bits per heavy atom. The highest BCUT2D eigenvalue weighted by molar-refractivity contribution is 7.98. The van der Waals surface area contributed by atoms with E-state index in [1.807, 2.05) is 56.3 Å². The molecule has 1 heterocycles. The van der Waals surface area contributed by atoms with Crippen LogP contribution in [0.4, 0.5) is 0 Å². The number of methoxy groups -OCH3 is 1. The Kier molecular flexibility index (Phi) is 6.76. The van der Waals surface area contributed by atoms with E-state index in [2.05, 4.69) is 16.5 Å². The number of nitrogens with one attached hydrogen (secondary N) is 1. The van der Waals surface area contributed by atoms with Gasteiger partial charge in [-0.25, -0.2) is 0 Å². The summed E-state index contributed by atoms with van der Waals surface area (Å²) in [6.45, 7) is 4.48. The zero-order chi connectivity index (χ0) is 19.9. The molecule has 5 nitrogen and oxygen atoms in total. The largest absolute Gasteiger partial charge is 0.496 e. The highest BCUT2D eigenvalue weighted by Gasteiger charge is 2.13. The normalized spacial score (nSPS) is 10.7. The van der Waals surface area contributed by atoms with Crippen molar-refractivity contribution in [2.75, 3.05) is 13.7 Å². The molecule has 2 aromatic carbocycles. The molecule has 0 unspecified atom stereocenters. The van der Waals surface area contributed by atoms with E-state index in [4.69, 9.17) is 9.26 Å². The van der Waals surface area contributed by atoms with E-state index in [-0.39, 0.29) is 5.91 Å². The van der Waals surface area contributed by atoms with Crippen LogP contribution in [-0.4, -0.2) is 24.7 Å². The van der Waals surface area contributed by atoms with Crippen LogP contribution < -0.4 is 10.1 Å². The van der Waals surface area contributed by atoms with Crippen LogP contribution in [0.5, 0.6) is 5.75 Å². The molecule has 28 heavy (non-hydrogen) atoms. The summed E-state index contributed by atoms with van der Waals surface area (Å²) in [5.41, 5.74) is 3.78. The van der Waals surface area contributed by atoms with Gasteiger partial charge in [0.2, 0.25) is 0 Å². The SMILES string of the molecule is COc1ccc(C)cc1CCNC(=O)c1ccccc1SCc1cc(C)no1. The number of hydrogen-bond acceptors (Lipinski definition) is 5. The Hall–Kier alpha value is -2.73. The standard InChI is InChI=1S/C22H24N2O3S/c1-15-8-9-20(26-3)17(12-15)10-11-23-22(25)19-6-4-5-7-21(19)28-14-18-13-16(2)24-27-18/h4-9,12-13H,10-11,14H2,1-3H3,(H,23,25). The minimum atomic E-state index is -0.0801. The number of aryl methyl sites for hydroxylation is 2. The van der Waals surface area contributed by atoms with Crippen LogP contribution in [0.1, 0.15) is 32.9 Å². The molecule has 0 saturated carbocycles. The molecule has 0 aliphatic carbocycles. The van der Waals surface area contributed by atoms with Crippen molar-refractivity contribution in [3.8, 4) is 5.75 Å². The summed E-state index contributed by atoms with van der Waals surface area (Å²) in [5, 5.41) is 6.92. The fourth-order valence-corrected chi connectivity index (χ4v) is 3.85. The van der Waals surface area contributed by atoms with Gasteiger partial charge in [0.1, 0.15) is 11.5 Å². The number of amides is 1. The van der Waals surface area contributed by atoms with Gasteiger partial charge in [-0.05, 0) is 44.0 Å². The van der Waals surface area contributed by atoms with Crippen molar-refractivity contribution >= 4 is 17.7 Å². The smallest absolute Gasteiger partial charge is 0.252 e. The Morgan fingerprint density at radius 2 is 2.00 bits per heavy atom. The molecule has 3 rings (SSSR count). The van der Waals surface area contributed by atoms with Gasteiger partial charge in [-0.3, -0.25) is 4.79 Å². The average Bonchev–Trinajstić information content (AvgIpc) is 3.12. The topological polar surface area (TPSA) is 64.4 Å². The van der Waals surface area contributed by atoms with Gasteiger partial charge in [0.05, 0.1) is 24.1 Å². The van der Waals surface area contributed by atoms with Gasteiger partial charge in [-0.1, -0.05) is 35.0 Å². The molecule has 146 valence electrons. The van der Waals surface area contributed by atoms with Gasteiger partial charge >= 0.3 is 0 Å². The molecule has 0 fully saturated rings. The van der Waals surface area contributed by atoms with Crippen LogP contribution >= 0.6 is 11.8 Å². The minimum Gasteiger partial charge on any atom is -0.496 e. The summed E-state index contributed by atoms with van der Waals surface area (Å²) in [6, 6.07) is 15.6. The van der Waals surface area contributed by atoms with Crippen LogP contribution in [0.25, 0.3) is 0 Å². The van der Waals surface area contributed by atoms with E-state index in [9.17, 15) is 4.79 Å². The summed E-state index contributed by atoms with van der Waals surface area (Å²) < 4.78 is 10.7. The Balaban J connectivity index is 1.61. The number of carbonyl (C=O) groups excluding carboxylic acids is 1. The molecule has 3 aromatic rings. The van der Waals surface area contributed by atoms with Crippen molar-refractivity contribution in [1.82, 2.24) is 10.5 Å². The Bertz CT molecular complexity index is 952. The maximum Gasteiger partial charge on any atom is 0.252 e. The molecule has 1 amide bonds. The highest BCUT2D eigenvalue weighted by Crippen LogP contribution is 2.26. The molecule has 0 saturated heterocycles. The van der Waals surface area contributed by atoms with Gasteiger partial charge in [-0.2, -0.15) is 0 Å². The van der Waals surface area contributed by atoms with Gasteiger partial charge in [0.15, 0.2) is 0 Å². The maximum atomic E-state index is 12.7. The fraction of sp³-hybridized carbons (Fsp3) is 0.273. The summed E-state index contributed by atoms with van der Waals surface area (Å²) in [6.07, 6.45) is 0.712. The fourth-order valence-electron chi connectivity index (χ4n) is 2.92. The zero-order valence-corrected chi connectivity index (χ0v) is 17.1. The van der Waals surface area contributed by atoms with E-state index in [1.54, 1.807) is 18.9 Å². The first-order valence-corrected chi connectivity index (χ1v) is 10.1. The van der Waals surface area contributed by atoms with E-state index >= 15 is 0 Å². The molecule has 6 heteroatoms. The molecule has 0 spiro atoms. The van der Waals surface area contributed by atoms with E-state index in [0.29, 0.717) is 24.3 Å². The predicted molar refractivity (Wildman–Crippen MR) is 111 cm³/mol. The van der Waals surface area contributed by atoms with Gasteiger partial charge in [-0.15, -0.1) is 11.8 Å². The second kappa shape index (κ2) is 9.46. The molecule has 1 N–H and O–H groups in total. The number of rotatable bonds is 8. The zero-order valence-electron chi connectivity index (χ0n) is 16.3. The van der Waals surface area contributed by atoms with Gasteiger partial charge in [0.25, 0.3) is 5.91 Å². The molecule has 0 atom stereocenters. The summed E-state index contributed by atoms with van der Waals surface area (Å²) in [5.74, 6) is 2.19. The molecule has 0 radical (unpaired) electrons. The first-order chi connectivity index (χ1) is 13.6. The molecular weight excluding hydrogens is 372 g/mol.